The van der Waals surface area contributed by atoms with Crippen molar-refractivity contribution in [2.45, 2.75) is 39.2 Å². The van der Waals surface area contributed by atoms with Crippen molar-refractivity contribution in [1.29, 1.82) is 0 Å². The maximum Gasteiger partial charge on any atom is 0.307 e. The Bertz CT molecular complexity index is 471. The number of hydrogen-bond donors (Lipinski definition) is 1. The molecule has 0 fully saturated rings. The average molecular weight is 284 g/mol. The van der Waals surface area contributed by atoms with Crippen LogP contribution in [0.1, 0.15) is 32.4 Å². The number of methoxy groups -OCH3 is 1. The standard InChI is InChI=1S/C13H20N2O5/c1-5-13(3,7-12(17)18-4)14-10(16)8-19-11-6-9(2)20-15-11/h6H,5,7-8H2,1-4H3,(H,14,16)/t13-/m0/s1. The third kappa shape index (κ3) is 4.91. The molecule has 0 bridgehead atoms. The number of aromatic nitrogens is 1. The lowest BCUT2D eigenvalue weighted by atomic mass is 9.94. The van der Waals surface area contributed by atoms with E-state index in [4.69, 9.17) is 9.26 Å². The van der Waals surface area contributed by atoms with Crippen molar-refractivity contribution in [3.05, 3.63) is 11.8 Å². The van der Waals surface area contributed by atoms with Crippen molar-refractivity contribution < 1.29 is 23.6 Å². The van der Waals surface area contributed by atoms with E-state index in [-0.39, 0.29) is 30.8 Å². The molecule has 0 saturated carbocycles. The molecule has 7 heteroatoms. The summed E-state index contributed by atoms with van der Waals surface area (Å²) < 4.78 is 14.6. The Morgan fingerprint density at radius 1 is 1.50 bits per heavy atom. The Labute approximate surface area is 117 Å². The molecule has 1 aromatic heterocycles. The first-order chi connectivity index (χ1) is 9.38. The van der Waals surface area contributed by atoms with Crippen LogP contribution in [0, 0.1) is 6.92 Å². The van der Waals surface area contributed by atoms with Crippen LogP contribution >= 0.6 is 0 Å². The van der Waals surface area contributed by atoms with Crippen LogP contribution in [0.3, 0.4) is 0 Å². The van der Waals surface area contributed by atoms with Gasteiger partial charge in [0.15, 0.2) is 6.61 Å². The van der Waals surface area contributed by atoms with Crippen molar-refractivity contribution in [3.8, 4) is 5.88 Å². The number of hydrogen-bond acceptors (Lipinski definition) is 6. The highest BCUT2D eigenvalue weighted by atomic mass is 16.5. The van der Waals surface area contributed by atoms with Crippen LogP contribution in [-0.2, 0) is 14.3 Å². The van der Waals surface area contributed by atoms with Gasteiger partial charge in [-0.1, -0.05) is 6.92 Å². The van der Waals surface area contributed by atoms with Gasteiger partial charge in [0.2, 0.25) is 0 Å². The highest BCUT2D eigenvalue weighted by Gasteiger charge is 2.28. The number of ether oxygens (including phenoxy) is 2. The first kappa shape index (κ1) is 16.0. The van der Waals surface area contributed by atoms with Crippen molar-refractivity contribution in [2.75, 3.05) is 13.7 Å². The normalized spacial score (nSPS) is 13.4. The van der Waals surface area contributed by atoms with Gasteiger partial charge >= 0.3 is 5.97 Å². The molecule has 1 atom stereocenters. The number of esters is 1. The van der Waals surface area contributed by atoms with E-state index < -0.39 is 5.54 Å². The number of carbonyl (C=O) groups is 2. The Morgan fingerprint density at radius 2 is 2.20 bits per heavy atom. The number of nitrogens with zero attached hydrogens (tertiary/aromatic N) is 1. The smallest absolute Gasteiger partial charge is 0.307 e. The molecule has 20 heavy (non-hydrogen) atoms. The summed E-state index contributed by atoms with van der Waals surface area (Å²) in [6.45, 7) is 5.19. The highest BCUT2D eigenvalue weighted by molar-refractivity contribution is 5.79. The number of amides is 1. The van der Waals surface area contributed by atoms with Gasteiger partial charge in [-0.2, -0.15) is 0 Å². The Hall–Kier alpha value is -2.05. The van der Waals surface area contributed by atoms with Crippen LogP contribution in [0.5, 0.6) is 5.88 Å². The molecular formula is C13H20N2O5. The van der Waals surface area contributed by atoms with E-state index in [1.54, 1.807) is 19.9 Å². The lowest BCUT2D eigenvalue weighted by Gasteiger charge is -2.28. The molecule has 1 N–H and O–H groups in total. The largest absolute Gasteiger partial charge is 0.469 e. The summed E-state index contributed by atoms with van der Waals surface area (Å²) >= 11 is 0. The Kier molecular flexibility index (Phi) is 5.54. The molecule has 0 saturated heterocycles. The van der Waals surface area contributed by atoms with Gasteiger partial charge in [-0.05, 0) is 25.4 Å². The number of carbonyl (C=O) groups excluding carboxylic acids is 2. The molecule has 0 unspecified atom stereocenters. The lowest BCUT2D eigenvalue weighted by Crippen LogP contribution is -2.48. The third-order valence-corrected chi connectivity index (χ3v) is 2.94. The second-order valence-corrected chi connectivity index (χ2v) is 4.78. The lowest BCUT2D eigenvalue weighted by molar-refractivity contribution is -0.142. The van der Waals surface area contributed by atoms with E-state index in [0.717, 1.165) is 0 Å². The van der Waals surface area contributed by atoms with Gasteiger partial charge in [0.1, 0.15) is 5.76 Å². The van der Waals surface area contributed by atoms with Crippen molar-refractivity contribution in [1.82, 2.24) is 10.5 Å². The minimum atomic E-state index is -0.659. The average Bonchev–Trinajstić information content (AvgIpc) is 2.82. The molecule has 0 radical (unpaired) electrons. The number of nitrogens with one attached hydrogen (secondary N) is 1. The minimum Gasteiger partial charge on any atom is -0.469 e. The molecule has 0 aliphatic carbocycles. The van der Waals surface area contributed by atoms with Gasteiger partial charge in [0.05, 0.1) is 13.5 Å². The molecule has 1 aromatic rings. The summed E-state index contributed by atoms with van der Waals surface area (Å²) in [6, 6.07) is 1.58. The number of aryl methyl sites for hydroxylation is 1. The maximum atomic E-state index is 11.8. The fourth-order valence-electron chi connectivity index (χ4n) is 1.57. The predicted octanol–water partition coefficient (Wildman–Crippen LogP) is 1.21. The van der Waals surface area contributed by atoms with Crippen LogP contribution < -0.4 is 10.1 Å². The summed E-state index contributed by atoms with van der Waals surface area (Å²) in [5, 5.41) is 6.38. The minimum absolute atomic E-state index is 0.106. The van der Waals surface area contributed by atoms with Crippen molar-refractivity contribution in [3.63, 3.8) is 0 Å². The first-order valence-electron chi connectivity index (χ1n) is 6.32. The molecule has 0 aromatic carbocycles. The predicted molar refractivity (Wildman–Crippen MR) is 70.2 cm³/mol. The van der Waals surface area contributed by atoms with E-state index in [1.807, 2.05) is 6.92 Å². The molecule has 0 aliphatic rings. The van der Waals surface area contributed by atoms with Gasteiger partial charge in [-0.3, -0.25) is 9.59 Å². The quantitative estimate of drug-likeness (QED) is 0.757. The Morgan fingerprint density at radius 3 is 2.70 bits per heavy atom. The van der Waals surface area contributed by atoms with Gasteiger partial charge in [-0.15, -0.1) is 0 Å². The second-order valence-electron chi connectivity index (χ2n) is 4.78. The molecule has 112 valence electrons. The van der Waals surface area contributed by atoms with Crippen molar-refractivity contribution >= 4 is 11.9 Å². The summed E-state index contributed by atoms with van der Waals surface area (Å²) in [4.78, 5) is 23.1. The summed E-state index contributed by atoms with van der Waals surface area (Å²) in [5.41, 5.74) is -0.659. The van der Waals surface area contributed by atoms with E-state index in [9.17, 15) is 9.59 Å². The second kappa shape index (κ2) is 6.93. The van der Waals surface area contributed by atoms with Gasteiger partial charge in [-0.25, -0.2) is 0 Å². The maximum absolute atomic E-state index is 11.8. The van der Waals surface area contributed by atoms with E-state index in [1.165, 1.54) is 7.11 Å². The Balaban J connectivity index is 2.48. The third-order valence-electron chi connectivity index (χ3n) is 2.94. The molecular weight excluding hydrogens is 264 g/mol. The summed E-state index contributed by atoms with van der Waals surface area (Å²) in [7, 11) is 1.32. The zero-order chi connectivity index (χ0) is 15.2. The fourth-order valence-corrected chi connectivity index (χ4v) is 1.57. The topological polar surface area (TPSA) is 90.7 Å². The molecule has 1 rings (SSSR count). The molecule has 0 aliphatic heterocycles. The van der Waals surface area contributed by atoms with E-state index in [0.29, 0.717) is 12.2 Å². The SMILES string of the molecule is CC[C@@](C)(CC(=O)OC)NC(=O)COc1cc(C)on1. The highest BCUT2D eigenvalue weighted by Crippen LogP contribution is 2.15. The zero-order valence-electron chi connectivity index (χ0n) is 12.2. The van der Waals surface area contributed by atoms with Crippen molar-refractivity contribution in [2.24, 2.45) is 0 Å². The molecule has 1 heterocycles. The van der Waals surface area contributed by atoms with Gasteiger partial charge in [0, 0.05) is 11.6 Å². The van der Waals surface area contributed by atoms with E-state index >= 15 is 0 Å². The summed E-state index contributed by atoms with van der Waals surface area (Å²) in [5.74, 6) is 0.148. The zero-order valence-corrected chi connectivity index (χ0v) is 12.2. The molecule has 0 spiro atoms. The first-order valence-corrected chi connectivity index (χ1v) is 6.32. The molecule has 7 nitrogen and oxygen atoms in total. The van der Waals surface area contributed by atoms with Crippen LogP contribution in [0.15, 0.2) is 10.6 Å². The monoisotopic (exact) mass is 284 g/mol. The van der Waals surface area contributed by atoms with Crippen LogP contribution in [-0.4, -0.2) is 36.3 Å². The summed E-state index contributed by atoms with van der Waals surface area (Å²) in [6.07, 6.45) is 0.700. The van der Waals surface area contributed by atoms with Gasteiger partial charge in [0.25, 0.3) is 11.8 Å². The van der Waals surface area contributed by atoms with Crippen LogP contribution in [0.4, 0.5) is 0 Å². The van der Waals surface area contributed by atoms with E-state index in [2.05, 4.69) is 15.2 Å². The van der Waals surface area contributed by atoms with Gasteiger partial charge < -0.3 is 19.3 Å². The number of rotatable bonds is 7. The fraction of sp³-hybridized carbons (Fsp3) is 0.615. The van der Waals surface area contributed by atoms with Crippen LogP contribution in [0.25, 0.3) is 0 Å². The molecule has 1 amide bonds. The van der Waals surface area contributed by atoms with Crippen LogP contribution in [0.2, 0.25) is 0 Å².